The molecule has 4 heteroatoms. The molecule has 2 N–H and O–H groups in total. The summed E-state index contributed by atoms with van der Waals surface area (Å²) in [5, 5.41) is 0. The summed E-state index contributed by atoms with van der Waals surface area (Å²) >= 11 is 0. The first-order valence-corrected chi connectivity index (χ1v) is 7.60. The molecule has 1 atom stereocenters. The van der Waals surface area contributed by atoms with E-state index in [2.05, 4.69) is 16.8 Å². The van der Waals surface area contributed by atoms with Crippen LogP contribution in [0.3, 0.4) is 0 Å². The summed E-state index contributed by atoms with van der Waals surface area (Å²) in [7, 11) is 1.74. The lowest BCUT2D eigenvalue weighted by Crippen LogP contribution is -2.30. The van der Waals surface area contributed by atoms with E-state index in [9.17, 15) is 0 Å². The Morgan fingerprint density at radius 1 is 1.45 bits per heavy atom. The highest BCUT2D eigenvalue weighted by atomic mass is 16.5. The molecular formula is C16H27N3O. The fraction of sp³-hybridized carbons (Fsp3) is 0.688. The molecule has 112 valence electrons. The van der Waals surface area contributed by atoms with E-state index in [0.29, 0.717) is 6.04 Å². The van der Waals surface area contributed by atoms with Crippen LogP contribution < -0.4 is 10.5 Å². The summed E-state index contributed by atoms with van der Waals surface area (Å²) < 4.78 is 5.50. The van der Waals surface area contributed by atoms with Crippen molar-refractivity contribution in [2.45, 2.75) is 52.1 Å². The smallest absolute Gasteiger partial charge is 0.128 e. The molecule has 1 fully saturated rings. The van der Waals surface area contributed by atoms with Crippen LogP contribution in [0.2, 0.25) is 0 Å². The molecule has 0 bridgehead atoms. The predicted octanol–water partition coefficient (Wildman–Crippen LogP) is 2.41. The molecule has 1 aromatic rings. The van der Waals surface area contributed by atoms with Gasteiger partial charge in [0.25, 0.3) is 0 Å². The van der Waals surface area contributed by atoms with E-state index in [-0.39, 0.29) is 0 Å². The van der Waals surface area contributed by atoms with Crippen LogP contribution in [0, 0.1) is 13.8 Å². The Hall–Kier alpha value is -1.13. The van der Waals surface area contributed by atoms with E-state index in [0.717, 1.165) is 36.5 Å². The molecule has 0 amide bonds. The largest absolute Gasteiger partial charge is 0.496 e. The molecule has 0 aliphatic carbocycles. The lowest BCUT2D eigenvalue weighted by molar-refractivity contribution is 0.229. The molecule has 0 saturated carbocycles. The predicted molar refractivity (Wildman–Crippen MR) is 82.0 cm³/mol. The molecule has 1 unspecified atom stereocenters. The van der Waals surface area contributed by atoms with Gasteiger partial charge in [-0.3, -0.25) is 9.88 Å². The number of ether oxygens (including phenoxy) is 1. The van der Waals surface area contributed by atoms with Crippen molar-refractivity contribution in [3.05, 3.63) is 23.0 Å². The number of hydrogen-bond acceptors (Lipinski definition) is 4. The molecular weight excluding hydrogens is 250 g/mol. The van der Waals surface area contributed by atoms with Gasteiger partial charge in [0.15, 0.2) is 0 Å². The third kappa shape index (κ3) is 3.30. The van der Waals surface area contributed by atoms with Gasteiger partial charge >= 0.3 is 0 Å². The summed E-state index contributed by atoms with van der Waals surface area (Å²) in [6, 6.07) is 0.673. The highest BCUT2D eigenvalue weighted by Crippen LogP contribution is 2.28. The number of aromatic nitrogens is 1. The number of nitrogens with zero attached hydrogens (tertiary/aromatic N) is 2. The fourth-order valence-corrected chi connectivity index (χ4v) is 3.21. The average molecular weight is 277 g/mol. The SMILES string of the molecule is COc1c(C)cnc(CN2CCCC2CCCN)c1C. The van der Waals surface area contributed by atoms with Crippen LogP contribution in [0.4, 0.5) is 0 Å². The molecule has 1 saturated heterocycles. The Labute approximate surface area is 122 Å². The van der Waals surface area contributed by atoms with Gasteiger partial charge in [-0.15, -0.1) is 0 Å². The molecule has 0 spiro atoms. The Bertz CT molecular complexity index is 448. The van der Waals surface area contributed by atoms with Gasteiger partial charge in [-0.25, -0.2) is 0 Å². The minimum Gasteiger partial charge on any atom is -0.496 e. The molecule has 20 heavy (non-hydrogen) atoms. The van der Waals surface area contributed by atoms with Crippen molar-refractivity contribution >= 4 is 0 Å². The zero-order valence-corrected chi connectivity index (χ0v) is 13.0. The van der Waals surface area contributed by atoms with E-state index in [1.807, 2.05) is 13.1 Å². The molecule has 2 rings (SSSR count). The van der Waals surface area contributed by atoms with Gasteiger partial charge in [0.1, 0.15) is 5.75 Å². The number of methoxy groups -OCH3 is 1. The molecule has 1 aliphatic heterocycles. The van der Waals surface area contributed by atoms with Crippen LogP contribution in [0.5, 0.6) is 5.75 Å². The second-order valence-electron chi connectivity index (χ2n) is 5.74. The van der Waals surface area contributed by atoms with Crippen molar-refractivity contribution in [2.75, 3.05) is 20.2 Å². The van der Waals surface area contributed by atoms with Crippen LogP contribution in [-0.2, 0) is 6.54 Å². The van der Waals surface area contributed by atoms with E-state index < -0.39 is 0 Å². The van der Waals surface area contributed by atoms with E-state index >= 15 is 0 Å². The average Bonchev–Trinajstić information content (AvgIpc) is 2.87. The van der Waals surface area contributed by atoms with Gasteiger partial charge in [0, 0.05) is 29.9 Å². The fourth-order valence-electron chi connectivity index (χ4n) is 3.21. The van der Waals surface area contributed by atoms with Crippen LogP contribution in [0.1, 0.15) is 42.5 Å². The summed E-state index contributed by atoms with van der Waals surface area (Å²) in [5.74, 6) is 0.979. The minimum absolute atomic E-state index is 0.673. The maximum Gasteiger partial charge on any atom is 0.128 e. The number of aryl methyl sites for hydroxylation is 1. The second kappa shape index (κ2) is 7.04. The first-order valence-electron chi connectivity index (χ1n) is 7.60. The quantitative estimate of drug-likeness (QED) is 0.867. The van der Waals surface area contributed by atoms with Gasteiger partial charge in [0.2, 0.25) is 0 Å². The first-order chi connectivity index (χ1) is 9.67. The topological polar surface area (TPSA) is 51.4 Å². The van der Waals surface area contributed by atoms with Crippen molar-refractivity contribution in [2.24, 2.45) is 5.73 Å². The van der Waals surface area contributed by atoms with E-state index in [1.54, 1.807) is 7.11 Å². The van der Waals surface area contributed by atoms with Crippen molar-refractivity contribution in [1.82, 2.24) is 9.88 Å². The summed E-state index contributed by atoms with van der Waals surface area (Å²) in [6.07, 6.45) is 6.83. The molecule has 2 heterocycles. The molecule has 4 nitrogen and oxygen atoms in total. The summed E-state index contributed by atoms with van der Waals surface area (Å²) in [5.41, 5.74) is 9.07. The zero-order valence-electron chi connectivity index (χ0n) is 13.0. The maximum absolute atomic E-state index is 5.64. The molecule has 1 aromatic heterocycles. The van der Waals surface area contributed by atoms with Crippen LogP contribution in [0.15, 0.2) is 6.20 Å². The van der Waals surface area contributed by atoms with Crippen molar-refractivity contribution in [3.8, 4) is 5.75 Å². The molecule has 0 radical (unpaired) electrons. The monoisotopic (exact) mass is 277 g/mol. The highest BCUT2D eigenvalue weighted by molar-refractivity contribution is 5.41. The van der Waals surface area contributed by atoms with Gasteiger partial charge < -0.3 is 10.5 Å². The Morgan fingerprint density at radius 3 is 2.95 bits per heavy atom. The number of nitrogens with two attached hydrogens (primary N) is 1. The Balaban J connectivity index is 2.09. The van der Waals surface area contributed by atoms with Crippen molar-refractivity contribution < 1.29 is 4.74 Å². The van der Waals surface area contributed by atoms with Crippen molar-refractivity contribution in [1.29, 1.82) is 0 Å². The van der Waals surface area contributed by atoms with Gasteiger partial charge in [-0.05, 0) is 52.6 Å². The number of hydrogen-bond donors (Lipinski definition) is 1. The number of likely N-dealkylation sites (tertiary alicyclic amines) is 1. The third-order valence-corrected chi connectivity index (χ3v) is 4.34. The first kappa shape index (κ1) is 15.3. The molecule has 1 aliphatic rings. The van der Waals surface area contributed by atoms with Gasteiger partial charge in [-0.2, -0.15) is 0 Å². The number of rotatable bonds is 6. The van der Waals surface area contributed by atoms with E-state index in [4.69, 9.17) is 10.5 Å². The lowest BCUT2D eigenvalue weighted by atomic mass is 10.1. The third-order valence-electron chi connectivity index (χ3n) is 4.34. The maximum atomic E-state index is 5.64. The second-order valence-corrected chi connectivity index (χ2v) is 5.74. The Morgan fingerprint density at radius 2 is 2.25 bits per heavy atom. The highest BCUT2D eigenvalue weighted by Gasteiger charge is 2.25. The van der Waals surface area contributed by atoms with Gasteiger partial charge in [-0.1, -0.05) is 0 Å². The minimum atomic E-state index is 0.673. The van der Waals surface area contributed by atoms with Crippen LogP contribution in [-0.4, -0.2) is 36.1 Å². The van der Waals surface area contributed by atoms with Crippen LogP contribution in [0.25, 0.3) is 0 Å². The Kier molecular flexibility index (Phi) is 5.38. The van der Waals surface area contributed by atoms with Gasteiger partial charge in [0.05, 0.1) is 12.8 Å². The normalized spacial score (nSPS) is 19.5. The van der Waals surface area contributed by atoms with Crippen molar-refractivity contribution in [3.63, 3.8) is 0 Å². The lowest BCUT2D eigenvalue weighted by Gasteiger charge is -2.25. The van der Waals surface area contributed by atoms with Crippen LogP contribution >= 0.6 is 0 Å². The summed E-state index contributed by atoms with van der Waals surface area (Å²) in [4.78, 5) is 7.17. The van der Waals surface area contributed by atoms with E-state index in [1.165, 1.54) is 31.4 Å². The summed E-state index contributed by atoms with van der Waals surface area (Å²) in [6.45, 7) is 7.05. The zero-order chi connectivity index (χ0) is 14.5. The molecule has 0 aromatic carbocycles. The number of pyridine rings is 1. The standard InChI is InChI=1S/C16H27N3O/c1-12-10-18-15(13(2)16(12)20-3)11-19-9-5-7-14(19)6-4-8-17/h10,14H,4-9,11,17H2,1-3H3.